The van der Waals surface area contributed by atoms with E-state index in [0.29, 0.717) is 54.9 Å². The van der Waals surface area contributed by atoms with E-state index < -0.39 is 6.10 Å². The third-order valence-electron chi connectivity index (χ3n) is 5.80. The average molecular weight is 484 g/mol. The van der Waals surface area contributed by atoms with Gasteiger partial charge in [0.2, 0.25) is 5.88 Å². The van der Waals surface area contributed by atoms with Crippen molar-refractivity contribution in [3.63, 3.8) is 0 Å². The molecule has 1 aromatic heterocycles. The van der Waals surface area contributed by atoms with E-state index in [1.807, 2.05) is 66.2 Å². The highest BCUT2D eigenvalue weighted by molar-refractivity contribution is 6.30. The Morgan fingerprint density at radius 2 is 1.79 bits per heavy atom. The van der Waals surface area contributed by atoms with E-state index >= 15 is 0 Å². The fraction of sp³-hybridized carbons (Fsp3) is 0.444. The fourth-order valence-electron chi connectivity index (χ4n) is 3.93. The van der Waals surface area contributed by atoms with Crippen LogP contribution in [0.15, 0.2) is 54.6 Å². The van der Waals surface area contributed by atoms with Gasteiger partial charge in [0.05, 0.1) is 29.7 Å². The van der Waals surface area contributed by atoms with E-state index in [4.69, 9.17) is 26.2 Å². The number of halogens is 1. The highest BCUT2D eigenvalue weighted by Gasteiger charge is 2.32. The molecule has 1 fully saturated rings. The number of aryl methyl sites for hydroxylation is 1. The molecule has 4 rings (SSSR count). The van der Waals surface area contributed by atoms with Crippen molar-refractivity contribution in [1.29, 1.82) is 0 Å². The van der Waals surface area contributed by atoms with Gasteiger partial charge in [0.1, 0.15) is 5.75 Å². The van der Waals surface area contributed by atoms with E-state index in [1.54, 1.807) is 0 Å². The van der Waals surface area contributed by atoms with Crippen LogP contribution >= 0.6 is 11.6 Å². The first-order valence-electron chi connectivity index (χ1n) is 12.0. The van der Waals surface area contributed by atoms with E-state index in [9.17, 15) is 5.11 Å². The normalized spacial score (nSPS) is 14.7. The molecule has 1 saturated carbocycles. The summed E-state index contributed by atoms with van der Waals surface area (Å²) in [5.41, 5.74) is 2.85. The second-order valence-electron chi connectivity index (χ2n) is 9.42. The largest absolute Gasteiger partial charge is 0.439 e. The Morgan fingerprint density at radius 1 is 1.09 bits per heavy atom. The van der Waals surface area contributed by atoms with Crippen LogP contribution in [0, 0.1) is 12.8 Å². The number of para-hydroxylation sites is 1. The standard InChI is InChI=1S/C27H34ClN3O3/c1-19(2)17-33-18-24(32)15-30(22-11-12-22)16-26-20(3)29-31(23-7-5-4-6-8-23)27(26)34-25-13-9-21(28)10-14-25/h4-10,13-14,19,22,24,32H,11-12,15-18H2,1-3H3/t24-/m0/s1. The number of aliphatic hydroxyl groups excluding tert-OH is 1. The molecule has 0 spiro atoms. The molecule has 182 valence electrons. The first-order valence-corrected chi connectivity index (χ1v) is 12.4. The van der Waals surface area contributed by atoms with Crippen molar-refractivity contribution >= 4 is 11.6 Å². The molecular formula is C27H34ClN3O3. The topological polar surface area (TPSA) is 59.8 Å². The summed E-state index contributed by atoms with van der Waals surface area (Å²) in [6.45, 7) is 8.43. The molecule has 1 heterocycles. The Labute approximate surface area is 207 Å². The minimum absolute atomic E-state index is 0.345. The first kappa shape index (κ1) is 24.7. The number of benzene rings is 2. The summed E-state index contributed by atoms with van der Waals surface area (Å²) >= 11 is 6.08. The molecule has 0 unspecified atom stereocenters. The molecular weight excluding hydrogens is 450 g/mol. The molecule has 1 atom stereocenters. The van der Waals surface area contributed by atoms with Gasteiger partial charge in [-0.2, -0.15) is 5.10 Å². The molecule has 34 heavy (non-hydrogen) atoms. The summed E-state index contributed by atoms with van der Waals surface area (Å²) in [5.74, 6) is 1.83. The highest BCUT2D eigenvalue weighted by Crippen LogP contribution is 2.35. The molecule has 7 heteroatoms. The molecule has 0 saturated heterocycles. The third-order valence-corrected chi connectivity index (χ3v) is 6.05. The van der Waals surface area contributed by atoms with Crippen molar-refractivity contribution in [3.05, 3.63) is 70.9 Å². The summed E-state index contributed by atoms with van der Waals surface area (Å²) in [4.78, 5) is 2.33. The van der Waals surface area contributed by atoms with E-state index in [2.05, 4.69) is 18.7 Å². The van der Waals surface area contributed by atoms with Crippen LogP contribution in [0.1, 0.15) is 37.9 Å². The Bertz CT molecular complexity index is 1050. The summed E-state index contributed by atoms with van der Waals surface area (Å²) in [5, 5.41) is 16.1. The van der Waals surface area contributed by atoms with Gasteiger partial charge < -0.3 is 14.6 Å². The quantitative estimate of drug-likeness (QED) is 0.362. The van der Waals surface area contributed by atoms with Crippen LogP contribution in [-0.2, 0) is 11.3 Å². The lowest BCUT2D eigenvalue weighted by atomic mass is 10.2. The maximum atomic E-state index is 10.6. The molecule has 0 amide bonds. The van der Waals surface area contributed by atoms with Crippen LogP contribution in [0.4, 0.5) is 0 Å². The van der Waals surface area contributed by atoms with E-state index in [-0.39, 0.29) is 0 Å². The van der Waals surface area contributed by atoms with Crippen molar-refractivity contribution in [2.24, 2.45) is 5.92 Å². The number of hydrogen-bond acceptors (Lipinski definition) is 5. The van der Waals surface area contributed by atoms with Crippen molar-refractivity contribution in [1.82, 2.24) is 14.7 Å². The third kappa shape index (κ3) is 6.60. The van der Waals surface area contributed by atoms with Crippen LogP contribution in [-0.4, -0.2) is 51.7 Å². The summed E-state index contributed by atoms with van der Waals surface area (Å²) < 4.78 is 13.9. The Kier molecular flexibility index (Phi) is 8.27. The Hall–Kier alpha value is -2.38. The Morgan fingerprint density at radius 3 is 2.44 bits per heavy atom. The molecule has 0 bridgehead atoms. The number of hydrogen-bond donors (Lipinski definition) is 1. The molecule has 1 N–H and O–H groups in total. The van der Waals surface area contributed by atoms with Crippen molar-refractivity contribution in [2.45, 2.75) is 52.3 Å². The van der Waals surface area contributed by atoms with Gasteiger partial charge in [-0.15, -0.1) is 0 Å². The molecule has 2 aromatic carbocycles. The molecule has 0 aliphatic heterocycles. The predicted octanol–water partition coefficient (Wildman–Crippen LogP) is 5.62. The van der Waals surface area contributed by atoms with Crippen molar-refractivity contribution in [2.75, 3.05) is 19.8 Å². The van der Waals surface area contributed by atoms with Gasteiger partial charge in [0.15, 0.2) is 0 Å². The lowest BCUT2D eigenvalue weighted by Gasteiger charge is -2.25. The second kappa shape index (κ2) is 11.4. The first-order chi connectivity index (χ1) is 16.4. The van der Waals surface area contributed by atoms with Gasteiger partial charge in [0.25, 0.3) is 0 Å². The van der Waals surface area contributed by atoms with Crippen LogP contribution < -0.4 is 4.74 Å². The molecule has 1 aliphatic carbocycles. The number of rotatable bonds is 12. The zero-order valence-electron chi connectivity index (χ0n) is 20.2. The minimum atomic E-state index is -0.538. The van der Waals surface area contributed by atoms with Gasteiger partial charge in [-0.1, -0.05) is 43.6 Å². The van der Waals surface area contributed by atoms with Crippen molar-refractivity contribution in [3.8, 4) is 17.3 Å². The maximum absolute atomic E-state index is 10.6. The SMILES string of the molecule is Cc1nn(-c2ccccc2)c(Oc2ccc(Cl)cc2)c1CN(C[C@H](O)COCC(C)C)C1CC1. The zero-order chi connectivity index (χ0) is 24.1. The van der Waals surface area contributed by atoms with Gasteiger partial charge in [0, 0.05) is 30.8 Å². The lowest BCUT2D eigenvalue weighted by molar-refractivity contribution is 0.00536. The number of aliphatic hydroxyl groups is 1. The van der Waals surface area contributed by atoms with Gasteiger partial charge in [-0.3, -0.25) is 4.90 Å². The smallest absolute Gasteiger partial charge is 0.227 e. The molecule has 0 radical (unpaired) electrons. The minimum Gasteiger partial charge on any atom is -0.439 e. The summed E-state index contributed by atoms with van der Waals surface area (Å²) in [6.07, 6.45) is 1.74. The summed E-state index contributed by atoms with van der Waals surface area (Å²) in [6, 6.07) is 17.8. The monoisotopic (exact) mass is 483 g/mol. The molecule has 1 aliphatic rings. The van der Waals surface area contributed by atoms with E-state index in [1.165, 1.54) is 0 Å². The zero-order valence-corrected chi connectivity index (χ0v) is 20.9. The van der Waals surface area contributed by atoms with Crippen LogP contribution in [0.2, 0.25) is 5.02 Å². The molecule has 6 nitrogen and oxygen atoms in total. The predicted molar refractivity (Wildman–Crippen MR) is 135 cm³/mol. The number of ether oxygens (including phenoxy) is 2. The van der Waals surface area contributed by atoms with Crippen LogP contribution in [0.25, 0.3) is 5.69 Å². The Balaban J connectivity index is 1.59. The van der Waals surface area contributed by atoms with Gasteiger partial charge in [-0.05, 0) is 62.1 Å². The lowest BCUT2D eigenvalue weighted by Crippen LogP contribution is -2.36. The van der Waals surface area contributed by atoms with Crippen molar-refractivity contribution < 1.29 is 14.6 Å². The fourth-order valence-corrected chi connectivity index (χ4v) is 4.06. The van der Waals surface area contributed by atoms with Gasteiger partial charge in [-0.25, -0.2) is 4.68 Å². The summed E-state index contributed by atoms with van der Waals surface area (Å²) in [7, 11) is 0. The van der Waals surface area contributed by atoms with Crippen LogP contribution in [0.3, 0.4) is 0 Å². The molecule has 3 aromatic rings. The van der Waals surface area contributed by atoms with Crippen LogP contribution in [0.5, 0.6) is 11.6 Å². The maximum Gasteiger partial charge on any atom is 0.227 e. The van der Waals surface area contributed by atoms with E-state index in [0.717, 1.165) is 29.8 Å². The van der Waals surface area contributed by atoms with Gasteiger partial charge >= 0.3 is 0 Å². The highest BCUT2D eigenvalue weighted by atomic mass is 35.5. The second-order valence-corrected chi connectivity index (χ2v) is 9.85. The number of nitrogens with zero attached hydrogens (tertiary/aromatic N) is 3. The average Bonchev–Trinajstić information content (AvgIpc) is 3.62. The number of aromatic nitrogens is 2.